The van der Waals surface area contributed by atoms with Gasteiger partial charge in [0.05, 0.1) is 32.0 Å². The van der Waals surface area contributed by atoms with E-state index in [0.29, 0.717) is 30.3 Å². The summed E-state index contributed by atoms with van der Waals surface area (Å²) >= 11 is 0. The first-order valence-corrected chi connectivity index (χ1v) is 8.79. The number of halogens is 1. The molecule has 0 radical (unpaired) electrons. The smallest absolute Gasteiger partial charge is 0.202 e. The summed E-state index contributed by atoms with van der Waals surface area (Å²) in [5.74, 6) is 0.716. The van der Waals surface area contributed by atoms with Gasteiger partial charge in [-0.05, 0) is 35.9 Å². The van der Waals surface area contributed by atoms with Gasteiger partial charge in [0.15, 0.2) is 11.5 Å². The number of ether oxygens (including phenoxy) is 3. The van der Waals surface area contributed by atoms with Gasteiger partial charge in [0.25, 0.3) is 0 Å². The summed E-state index contributed by atoms with van der Waals surface area (Å²) in [7, 11) is 4.76. The quantitative estimate of drug-likeness (QED) is 0.429. The molecule has 5 nitrogen and oxygen atoms in total. The van der Waals surface area contributed by atoms with Crippen LogP contribution in [-0.2, 0) is 11.3 Å². The molecule has 3 rings (SSSR count). The van der Waals surface area contributed by atoms with Gasteiger partial charge in [-0.1, -0.05) is 18.2 Å². The molecule has 0 bridgehead atoms. The molecular formula is C22H22FNO4. The minimum absolute atomic E-state index is 0.158. The second-order valence-electron chi connectivity index (χ2n) is 6.19. The molecule has 28 heavy (non-hydrogen) atoms. The third-order valence-corrected chi connectivity index (χ3v) is 4.48. The Labute approximate surface area is 162 Å². The lowest BCUT2D eigenvalue weighted by molar-refractivity contribution is 0.103. The van der Waals surface area contributed by atoms with Gasteiger partial charge < -0.3 is 18.8 Å². The summed E-state index contributed by atoms with van der Waals surface area (Å²) in [5.41, 5.74) is 2.13. The largest absolute Gasteiger partial charge is 0.493 e. The van der Waals surface area contributed by atoms with Crippen LogP contribution in [0.4, 0.5) is 4.39 Å². The van der Waals surface area contributed by atoms with Crippen molar-refractivity contribution >= 4 is 22.8 Å². The summed E-state index contributed by atoms with van der Waals surface area (Å²) in [6.07, 6.45) is 3.15. The van der Waals surface area contributed by atoms with Gasteiger partial charge in [0.2, 0.25) is 5.78 Å². The number of hydrogen-bond donors (Lipinski definition) is 0. The molecule has 0 N–H and O–H groups in total. The number of nitrogens with zero attached hydrogens (tertiary/aromatic N) is 1. The minimum Gasteiger partial charge on any atom is -0.493 e. The Morgan fingerprint density at radius 1 is 1.04 bits per heavy atom. The number of ketones is 1. The van der Waals surface area contributed by atoms with Crippen molar-refractivity contribution in [2.45, 2.75) is 6.54 Å². The molecule has 0 saturated heterocycles. The first-order valence-electron chi connectivity index (χ1n) is 8.79. The monoisotopic (exact) mass is 383 g/mol. The molecule has 1 aromatic heterocycles. The third-order valence-electron chi connectivity index (χ3n) is 4.48. The molecule has 0 aliphatic rings. The number of hydrogen-bond acceptors (Lipinski definition) is 4. The number of fused-ring (bicyclic) bond motifs is 1. The van der Waals surface area contributed by atoms with E-state index in [4.69, 9.17) is 14.2 Å². The summed E-state index contributed by atoms with van der Waals surface area (Å²) in [6.45, 7) is 0.973. The number of methoxy groups -OCH3 is 3. The number of carbonyl (C=O) groups excluding carboxylic acids is 1. The second kappa shape index (κ2) is 8.71. The van der Waals surface area contributed by atoms with Crippen LogP contribution in [0.15, 0.2) is 48.5 Å². The zero-order valence-corrected chi connectivity index (χ0v) is 16.1. The molecule has 0 atom stereocenters. The van der Waals surface area contributed by atoms with Crippen molar-refractivity contribution < 1.29 is 23.4 Å². The van der Waals surface area contributed by atoms with Crippen LogP contribution < -0.4 is 9.47 Å². The molecule has 0 spiro atoms. The molecule has 6 heteroatoms. The van der Waals surface area contributed by atoms with Crippen LogP contribution in [0, 0.1) is 5.82 Å². The number of carbonyl (C=O) groups is 1. The van der Waals surface area contributed by atoms with Gasteiger partial charge in [0.1, 0.15) is 5.82 Å². The van der Waals surface area contributed by atoms with Gasteiger partial charge in [-0.2, -0.15) is 0 Å². The zero-order chi connectivity index (χ0) is 20.1. The molecular weight excluding hydrogens is 361 g/mol. The van der Waals surface area contributed by atoms with Crippen LogP contribution in [0.3, 0.4) is 0 Å². The Hall–Kier alpha value is -3.12. The SMILES string of the molecule is COCCn1c(C(=O)/C=C/c2ccc(F)cc2)cc2cc(OC)c(OC)cc21. The van der Waals surface area contributed by atoms with Crippen molar-refractivity contribution in [2.24, 2.45) is 0 Å². The Balaban J connectivity index is 2.02. The molecule has 0 unspecified atom stereocenters. The zero-order valence-electron chi connectivity index (χ0n) is 16.1. The minimum atomic E-state index is -0.314. The molecule has 0 saturated carbocycles. The van der Waals surface area contributed by atoms with Crippen molar-refractivity contribution in [1.82, 2.24) is 4.57 Å². The number of allylic oxidation sites excluding steroid dienone is 1. The highest BCUT2D eigenvalue weighted by atomic mass is 19.1. The van der Waals surface area contributed by atoms with Gasteiger partial charge in [-0.3, -0.25) is 4.79 Å². The summed E-state index contributed by atoms with van der Waals surface area (Å²) in [6, 6.07) is 11.5. The lowest BCUT2D eigenvalue weighted by Crippen LogP contribution is -2.11. The molecule has 0 aliphatic carbocycles. The van der Waals surface area contributed by atoms with E-state index in [9.17, 15) is 9.18 Å². The second-order valence-corrected chi connectivity index (χ2v) is 6.19. The highest BCUT2D eigenvalue weighted by Gasteiger charge is 2.17. The lowest BCUT2D eigenvalue weighted by atomic mass is 10.1. The van der Waals surface area contributed by atoms with Crippen LogP contribution in [0.2, 0.25) is 0 Å². The molecule has 3 aromatic rings. The van der Waals surface area contributed by atoms with Crippen LogP contribution >= 0.6 is 0 Å². The van der Waals surface area contributed by atoms with E-state index in [2.05, 4.69) is 0 Å². The van der Waals surface area contributed by atoms with Crippen molar-refractivity contribution in [3.8, 4) is 11.5 Å². The van der Waals surface area contributed by atoms with Gasteiger partial charge >= 0.3 is 0 Å². The molecule has 0 aliphatic heterocycles. The fraction of sp³-hybridized carbons (Fsp3) is 0.227. The topological polar surface area (TPSA) is 49.7 Å². The van der Waals surface area contributed by atoms with Crippen LogP contribution in [0.1, 0.15) is 16.1 Å². The van der Waals surface area contributed by atoms with Crippen molar-refractivity contribution in [3.63, 3.8) is 0 Å². The highest BCUT2D eigenvalue weighted by molar-refractivity contribution is 6.08. The van der Waals surface area contributed by atoms with Gasteiger partial charge in [0, 0.05) is 25.1 Å². The third kappa shape index (κ3) is 4.07. The van der Waals surface area contributed by atoms with E-state index in [1.54, 1.807) is 39.5 Å². The predicted molar refractivity (Wildman–Crippen MR) is 107 cm³/mol. The number of aromatic nitrogens is 1. The van der Waals surface area contributed by atoms with E-state index in [-0.39, 0.29) is 11.6 Å². The van der Waals surface area contributed by atoms with Crippen LogP contribution in [0.5, 0.6) is 11.5 Å². The molecule has 2 aromatic carbocycles. The van der Waals surface area contributed by atoms with Crippen molar-refractivity contribution in [1.29, 1.82) is 0 Å². The van der Waals surface area contributed by atoms with E-state index in [1.807, 2.05) is 22.8 Å². The number of rotatable bonds is 8. The maximum atomic E-state index is 13.0. The molecule has 0 fully saturated rings. The van der Waals surface area contributed by atoms with E-state index in [0.717, 1.165) is 16.5 Å². The molecule has 146 valence electrons. The predicted octanol–water partition coefficient (Wildman–Crippen LogP) is 4.34. The Bertz CT molecular complexity index is 1010. The Morgan fingerprint density at radius 2 is 1.71 bits per heavy atom. The average molecular weight is 383 g/mol. The fourth-order valence-corrected chi connectivity index (χ4v) is 3.05. The Kier molecular flexibility index (Phi) is 6.11. The van der Waals surface area contributed by atoms with Crippen LogP contribution in [0.25, 0.3) is 17.0 Å². The fourth-order valence-electron chi connectivity index (χ4n) is 3.05. The number of benzene rings is 2. The average Bonchev–Trinajstić information content (AvgIpc) is 3.07. The van der Waals surface area contributed by atoms with E-state index in [1.165, 1.54) is 18.2 Å². The van der Waals surface area contributed by atoms with Crippen LogP contribution in [-0.4, -0.2) is 38.3 Å². The summed E-state index contributed by atoms with van der Waals surface area (Å²) in [4.78, 5) is 12.9. The standard InChI is InChI=1S/C22H22FNO4/c1-26-11-10-24-18-14-22(28-3)21(27-2)13-16(18)12-19(24)20(25)9-6-15-4-7-17(23)8-5-15/h4-9,12-14H,10-11H2,1-3H3/b9-6+. The Morgan fingerprint density at radius 3 is 2.36 bits per heavy atom. The van der Waals surface area contributed by atoms with Gasteiger partial charge in [-0.15, -0.1) is 0 Å². The summed E-state index contributed by atoms with van der Waals surface area (Å²) in [5, 5.41) is 0.868. The van der Waals surface area contributed by atoms with E-state index >= 15 is 0 Å². The van der Waals surface area contributed by atoms with Crippen molar-refractivity contribution in [3.05, 3.63) is 65.6 Å². The first-order chi connectivity index (χ1) is 13.6. The van der Waals surface area contributed by atoms with Crippen molar-refractivity contribution in [2.75, 3.05) is 27.9 Å². The maximum Gasteiger partial charge on any atom is 0.202 e. The lowest BCUT2D eigenvalue weighted by Gasteiger charge is -2.11. The summed E-state index contributed by atoms with van der Waals surface area (Å²) < 4.78 is 30.9. The molecule has 1 heterocycles. The first kappa shape index (κ1) is 19.6. The maximum absolute atomic E-state index is 13.0. The molecule has 0 amide bonds. The highest BCUT2D eigenvalue weighted by Crippen LogP contribution is 2.34. The van der Waals surface area contributed by atoms with Gasteiger partial charge in [-0.25, -0.2) is 4.39 Å². The van der Waals surface area contributed by atoms with E-state index < -0.39 is 0 Å². The normalized spacial score (nSPS) is 11.3.